The number of ether oxygens (including phenoxy) is 1. The van der Waals surface area contributed by atoms with E-state index < -0.39 is 5.60 Å². The van der Waals surface area contributed by atoms with Crippen LogP contribution in [-0.4, -0.2) is 67.7 Å². The van der Waals surface area contributed by atoms with Gasteiger partial charge in [-0.3, -0.25) is 4.99 Å². The fourth-order valence-corrected chi connectivity index (χ4v) is 2.00. The van der Waals surface area contributed by atoms with E-state index in [-0.39, 0.29) is 6.09 Å². The van der Waals surface area contributed by atoms with Crippen LogP contribution in [0.1, 0.15) is 41.0 Å². The Labute approximate surface area is 147 Å². The minimum absolute atomic E-state index is 0.382. The van der Waals surface area contributed by atoms with E-state index >= 15 is 0 Å². The van der Waals surface area contributed by atoms with Crippen LogP contribution in [0, 0.1) is 0 Å². The number of likely N-dealkylation sites (N-methyl/N-ethyl adjacent to an activating group) is 2. The minimum Gasteiger partial charge on any atom is -0.444 e. The van der Waals surface area contributed by atoms with Crippen LogP contribution in [-0.2, 0) is 4.74 Å². The highest BCUT2D eigenvalue weighted by molar-refractivity contribution is 5.97. The molecule has 1 amide bonds. The monoisotopic (exact) mass is 341 g/mol. The quantitative estimate of drug-likeness (QED) is 0.291. The average molecular weight is 342 g/mol. The van der Waals surface area contributed by atoms with Gasteiger partial charge in [-0.2, -0.15) is 0 Å². The summed E-state index contributed by atoms with van der Waals surface area (Å²) in [5.74, 6) is 0.870. The molecular weight excluding hydrogens is 306 g/mol. The molecule has 2 N–H and O–H groups in total. The van der Waals surface area contributed by atoms with Gasteiger partial charge in [0.25, 0.3) is 0 Å². The van der Waals surface area contributed by atoms with Gasteiger partial charge in [0.2, 0.25) is 0 Å². The molecule has 0 saturated heterocycles. The van der Waals surface area contributed by atoms with Gasteiger partial charge in [0, 0.05) is 40.3 Å². The summed E-state index contributed by atoms with van der Waals surface area (Å²) < 4.78 is 5.22. The molecule has 7 nitrogen and oxygen atoms in total. The lowest BCUT2D eigenvalue weighted by Crippen LogP contribution is -2.42. The molecule has 0 heterocycles. The van der Waals surface area contributed by atoms with E-state index in [2.05, 4.69) is 34.1 Å². The summed E-state index contributed by atoms with van der Waals surface area (Å²) in [5, 5.41) is 4.62. The van der Waals surface area contributed by atoms with Gasteiger partial charge in [0.15, 0.2) is 0 Å². The van der Waals surface area contributed by atoms with Gasteiger partial charge in [-0.05, 0) is 41.0 Å². The first-order chi connectivity index (χ1) is 11.2. The molecule has 140 valence electrons. The predicted molar refractivity (Wildman–Crippen MR) is 100 cm³/mol. The number of rotatable bonds is 9. The number of amidine groups is 1. The van der Waals surface area contributed by atoms with Crippen molar-refractivity contribution >= 4 is 11.9 Å². The van der Waals surface area contributed by atoms with Gasteiger partial charge in [0.05, 0.1) is 5.70 Å². The van der Waals surface area contributed by atoms with Crippen molar-refractivity contribution in [2.45, 2.75) is 46.6 Å². The first kappa shape index (κ1) is 22.2. The summed E-state index contributed by atoms with van der Waals surface area (Å²) >= 11 is 0. The van der Waals surface area contributed by atoms with Crippen LogP contribution in [0.3, 0.4) is 0 Å². The number of hydrazine groups is 1. The molecule has 0 aromatic rings. The van der Waals surface area contributed by atoms with Crippen LogP contribution < -0.4 is 10.7 Å². The molecule has 7 heteroatoms. The second-order valence-electron chi connectivity index (χ2n) is 6.39. The Morgan fingerprint density at radius 3 is 2.38 bits per heavy atom. The molecule has 0 aromatic carbocycles. The third-order valence-electron chi connectivity index (χ3n) is 3.26. The van der Waals surface area contributed by atoms with E-state index in [4.69, 9.17) is 4.74 Å². The molecule has 0 rings (SSSR count). The number of hydrogen-bond donors (Lipinski definition) is 2. The van der Waals surface area contributed by atoms with Gasteiger partial charge >= 0.3 is 6.09 Å². The smallest absolute Gasteiger partial charge is 0.407 e. The SMILES string of the molecule is C=C(/C(=N\CC)N(CC)CCCNC(=O)OC(C)(C)C)N(C)NC. The second-order valence-corrected chi connectivity index (χ2v) is 6.39. The van der Waals surface area contributed by atoms with Gasteiger partial charge < -0.3 is 20.0 Å². The average Bonchev–Trinajstić information content (AvgIpc) is 2.50. The number of aliphatic imine (C=N–C) groups is 1. The van der Waals surface area contributed by atoms with E-state index in [0.29, 0.717) is 13.1 Å². The first-order valence-electron chi connectivity index (χ1n) is 8.52. The lowest BCUT2D eigenvalue weighted by atomic mass is 10.2. The van der Waals surface area contributed by atoms with Crippen LogP contribution >= 0.6 is 0 Å². The molecule has 0 unspecified atom stereocenters. The summed E-state index contributed by atoms with van der Waals surface area (Å²) in [4.78, 5) is 18.4. The van der Waals surface area contributed by atoms with E-state index in [9.17, 15) is 4.79 Å². The van der Waals surface area contributed by atoms with Crippen LogP contribution in [0.4, 0.5) is 4.79 Å². The largest absolute Gasteiger partial charge is 0.444 e. The van der Waals surface area contributed by atoms with E-state index in [1.807, 2.05) is 46.8 Å². The van der Waals surface area contributed by atoms with Crippen molar-refractivity contribution in [2.75, 3.05) is 40.3 Å². The van der Waals surface area contributed by atoms with Crippen LogP contribution in [0.5, 0.6) is 0 Å². The molecule has 0 aliphatic carbocycles. The van der Waals surface area contributed by atoms with Gasteiger partial charge in [-0.15, -0.1) is 0 Å². The topological polar surface area (TPSA) is 69.2 Å². The number of nitrogens with one attached hydrogen (secondary N) is 2. The lowest BCUT2D eigenvalue weighted by molar-refractivity contribution is 0.0526. The second kappa shape index (κ2) is 10.9. The fraction of sp³-hybridized carbons (Fsp3) is 0.765. The molecule has 0 fully saturated rings. The molecule has 0 bridgehead atoms. The Bertz CT molecular complexity index is 429. The molecule has 24 heavy (non-hydrogen) atoms. The Morgan fingerprint density at radius 1 is 1.29 bits per heavy atom. The van der Waals surface area contributed by atoms with Crippen LogP contribution in [0.2, 0.25) is 0 Å². The van der Waals surface area contributed by atoms with Crippen molar-refractivity contribution in [3.05, 3.63) is 12.3 Å². The Hall–Kier alpha value is -1.76. The van der Waals surface area contributed by atoms with E-state index in [0.717, 1.165) is 31.0 Å². The summed E-state index contributed by atoms with van der Waals surface area (Å²) in [7, 11) is 3.75. The molecule has 0 aliphatic heterocycles. The molecule has 0 aromatic heterocycles. The highest BCUT2D eigenvalue weighted by Crippen LogP contribution is 2.07. The molecule has 0 aliphatic rings. The number of amides is 1. The number of carbonyl (C=O) groups excluding carboxylic acids is 1. The lowest BCUT2D eigenvalue weighted by Gasteiger charge is -2.30. The van der Waals surface area contributed by atoms with Gasteiger partial charge in [-0.25, -0.2) is 10.2 Å². The minimum atomic E-state index is -0.476. The number of nitrogens with zero attached hydrogens (tertiary/aromatic N) is 3. The third kappa shape index (κ3) is 8.76. The van der Waals surface area contributed by atoms with Crippen molar-refractivity contribution in [2.24, 2.45) is 4.99 Å². The molecule has 0 atom stereocenters. The highest BCUT2D eigenvalue weighted by atomic mass is 16.6. The Kier molecular flexibility index (Phi) is 10.1. The third-order valence-corrected chi connectivity index (χ3v) is 3.26. The molecule has 0 saturated carbocycles. The maximum absolute atomic E-state index is 11.6. The van der Waals surface area contributed by atoms with Crippen molar-refractivity contribution < 1.29 is 9.53 Å². The normalized spacial score (nSPS) is 11.9. The fourth-order valence-electron chi connectivity index (χ4n) is 2.00. The van der Waals surface area contributed by atoms with Crippen LogP contribution in [0.15, 0.2) is 17.3 Å². The maximum Gasteiger partial charge on any atom is 0.407 e. The zero-order valence-electron chi connectivity index (χ0n) is 16.4. The first-order valence-corrected chi connectivity index (χ1v) is 8.52. The summed E-state index contributed by atoms with van der Waals surface area (Å²) in [6.45, 7) is 16.6. The number of hydrogen-bond acceptors (Lipinski definition) is 5. The highest BCUT2D eigenvalue weighted by Gasteiger charge is 2.17. The summed E-state index contributed by atoms with van der Waals surface area (Å²) in [5.41, 5.74) is 3.38. The van der Waals surface area contributed by atoms with Crippen molar-refractivity contribution in [1.82, 2.24) is 20.7 Å². The maximum atomic E-state index is 11.6. The standard InChI is InChI=1S/C17H35N5O2/c1-9-19-15(14(3)21(8)18-7)22(10-2)13-11-12-20-16(23)24-17(4,5)6/h18H,3,9-13H2,1-2,4-8H3,(H,20,23)/b19-15+. The van der Waals surface area contributed by atoms with E-state index in [1.165, 1.54) is 0 Å². The summed E-state index contributed by atoms with van der Waals surface area (Å²) in [6, 6.07) is 0. The Morgan fingerprint density at radius 2 is 1.92 bits per heavy atom. The Balaban J connectivity index is 4.54. The molecule has 0 radical (unpaired) electrons. The molecule has 0 spiro atoms. The number of carbonyl (C=O) groups is 1. The van der Waals surface area contributed by atoms with Crippen molar-refractivity contribution in [1.29, 1.82) is 0 Å². The van der Waals surface area contributed by atoms with Gasteiger partial charge in [0.1, 0.15) is 11.4 Å². The zero-order chi connectivity index (χ0) is 18.8. The zero-order valence-corrected chi connectivity index (χ0v) is 16.4. The van der Waals surface area contributed by atoms with Crippen molar-refractivity contribution in [3.8, 4) is 0 Å². The van der Waals surface area contributed by atoms with Gasteiger partial charge in [-0.1, -0.05) is 6.58 Å². The summed E-state index contributed by atoms with van der Waals surface area (Å²) in [6.07, 6.45) is 0.416. The van der Waals surface area contributed by atoms with Crippen molar-refractivity contribution in [3.63, 3.8) is 0 Å². The van der Waals surface area contributed by atoms with E-state index in [1.54, 1.807) is 0 Å². The van der Waals surface area contributed by atoms with Crippen LogP contribution in [0.25, 0.3) is 0 Å². The predicted octanol–water partition coefficient (Wildman–Crippen LogP) is 2.22. The molecular formula is C17H35N5O2. The number of alkyl carbamates (subject to hydrolysis) is 1.